The molecule has 0 aromatic heterocycles. The third kappa shape index (κ3) is 3.54. The first-order valence-electron chi connectivity index (χ1n) is 5.24. The first kappa shape index (κ1) is 11.3. The van der Waals surface area contributed by atoms with Crippen molar-refractivity contribution in [2.45, 2.75) is 31.7 Å². The molecule has 0 aromatic carbocycles. The third-order valence-electron chi connectivity index (χ3n) is 2.66. The van der Waals surface area contributed by atoms with Gasteiger partial charge in [-0.25, -0.2) is 4.79 Å². The fourth-order valence-corrected chi connectivity index (χ4v) is 1.68. The van der Waals surface area contributed by atoms with Crippen molar-refractivity contribution in [1.82, 2.24) is 10.2 Å². The molecule has 1 fully saturated rings. The highest BCUT2D eigenvalue weighted by Gasteiger charge is 2.18. The number of nitrogens with zero attached hydrogens (tertiary/aromatic N) is 1. The number of hydrogen-bond donors (Lipinski definition) is 1. The van der Waals surface area contributed by atoms with Gasteiger partial charge in [-0.05, 0) is 12.8 Å². The predicted molar refractivity (Wildman–Crippen MR) is 55.3 cm³/mol. The Bertz CT molecular complexity index is 179. The summed E-state index contributed by atoms with van der Waals surface area (Å²) in [7, 11) is 3.44. The summed E-state index contributed by atoms with van der Waals surface area (Å²) in [4.78, 5) is 13.2. The zero-order chi connectivity index (χ0) is 10.4. The monoisotopic (exact) mass is 200 g/mol. The van der Waals surface area contributed by atoms with Crippen molar-refractivity contribution in [3.63, 3.8) is 0 Å². The molecule has 0 aliphatic heterocycles. The Hall–Kier alpha value is -0.770. The van der Waals surface area contributed by atoms with Crippen LogP contribution in [-0.2, 0) is 4.74 Å². The minimum Gasteiger partial charge on any atom is -0.383 e. The van der Waals surface area contributed by atoms with Crippen molar-refractivity contribution in [2.24, 2.45) is 0 Å². The molecule has 0 radical (unpaired) electrons. The molecule has 0 aromatic rings. The van der Waals surface area contributed by atoms with E-state index in [4.69, 9.17) is 4.74 Å². The normalized spacial score (nSPS) is 17.0. The largest absolute Gasteiger partial charge is 0.383 e. The number of amides is 2. The van der Waals surface area contributed by atoms with Crippen molar-refractivity contribution in [3.05, 3.63) is 0 Å². The lowest BCUT2D eigenvalue weighted by Gasteiger charge is -2.20. The lowest BCUT2D eigenvalue weighted by Crippen LogP contribution is -2.43. The summed E-state index contributed by atoms with van der Waals surface area (Å²) in [5.41, 5.74) is 0. The van der Waals surface area contributed by atoms with Gasteiger partial charge < -0.3 is 15.0 Å². The zero-order valence-corrected chi connectivity index (χ0v) is 9.08. The van der Waals surface area contributed by atoms with E-state index >= 15 is 0 Å². The van der Waals surface area contributed by atoms with Crippen LogP contribution in [0.2, 0.25) is 0 Å². The van der Waals surface area contributed by atoms with E-state index < -0.39 is 0 Å². The highest BCUT2D eigenvalue weighted by molar-refractivity contribution is 5.74. The Morgan fingerprint density at radius 3 is 2.71 bits per heavy atom. The Morgan fingerprint density at radius 1 is 1.50 bits per heavy atom. The number of ether oxygens (including phenoxy) is 1. The summed E-state index contributed by atoms with van der Waals surface area (Å²) < 4.78 is 4.91. The van der Waals surface area contributed by atoms with E-state index in [1.807, 2.05) is 0 Å². The molecule has 1 aliphatic carbocycles. The van der Waals surface area contributed by atoms with Gasteiger partial charge in [0.15, 0.2) is 0 Å². The zero-order valence-electron chi connectivity index (χ0n) is 9.08. The molecular formula is C10H20N2O2. The SMILES string of the molecule is COCCN(C)C(=O)NC1CCCC1. The van der Waals surface area contributed by atoms with E-state index in [2.05, 4.69) is 5.32 Å². The predicted octanol–water partition coefficient (Wildman–Crippen LogP) is 1.22. The molecule has 1 N–H and O–H groups in total. The van der Waals surface area contributed by atoms with Crippen LogP contribution in [0.1, 0.15) is 25.7 Å². The molecule has 1 rings (SSSR count). The number of carbonyl (C=O) groups is 1. The molecule has 1 aliphatic rings. The number of likely N-dealkylation sites (N-methyl/N-ethyl adjacent to an activating group) is 1. The standard InChI is InChI=1S/C10H20N2O2/c1-12(7-8-14-2)10(13)11-9-5-3-4-6-9/h9H,3-8H2,1-2H3,(H,11,13). The smallest absolute Gasteiger partial charge is 0.317 e. The first-order valence-corrected chi connectivity index (χ1v) is 5.24. The molecule has 1 saturated carbocycles. The maximum absolute atomic E-state index is 11.6. The maximum atomic E-state index is 11.6. The Labute approximate surface area is 85.6 Å². The quantitative estimate of drug-likeness (QED) is 0.741. The maximum Gasteiger partial charge on any atom is 0.317 e. The number of methoxy groups -OCH3 is 1. The molecular weight excluding hydrogens is 180 g/mol. The molecule has 0 spiro atoms. The van der Waals surface area contributed by atoms with Gasteiger partial charge in [-0.15, -0.1) is 0 Å². The summed E-state index contributed by atoms with van der Waals surface area (Å²) in [6, 6.07) is 0.418. The van der Waals surface area contributed by atoms with Crippen LogP contribution in [0, 0.1) is 0 Å². The van der Waals surface area contributed by atoms with E-state index in [-0.39, 0.29) is 6.03 Å². The van der Waals surface area contributed by atoms with Crippen LogP contribution < -0.4 is 5.32 Å². The summed E-state index contributed by atoms with van der Waals surface area (Å²) in [6.45, 7) is 1.24. The van der Waals surface area contributed by atoms with Gasteiger partial charge in [-0.3, -0.25) is 0 Å². The van der Waals surface area contributed by atoms with Crippen molar-refractivity contribution in [2.75, 3.05) is 27.3 Å². The van der Waals surface area contributed by atoms with Gasteiger partial charge in [0.25, 0.3) is 0 Å². The third-order valence-corrected chi connectivity index (χ3v) is 2.66. The molecule has 82 valence electrons. The topological polar surface area (TPSA) is 41.6 Å². The highest BCUT2D eigenvalue weighted by atomic mass is 16.5. The lowest BCUT2D eigenvalue weighted by atomic mass is 10.2. The van der Waals surface area contributed by atoms with E-state index in [1.54, 1.807) is 19.1 Å². The van der Waals surface area contributed by atoms with Crippen LogP contribution >= 0.6 is 0 Å². The van der Waals surface area contributed by atoms with Crippen LogP contribution in [0.25, 0.3) is 0 Å². The van der Waals surface area contributed by atoms with E-state index in [0.717, 1.165) is 12.8 Å². The minimum atomic E-state index is 0.0222. The van der Waals surface area contributed by atoms with Gasteiger partial charge in [-0.1, -0.05) is 12.8 Å². The summed E-state index contributed by atoms with van der Waals surface area (Å²) >= 11 is 0. The molecule has 0 bridgehead atoms. The van der Waals surface area contributed by atoms with Gasteiger partial charge in [0.2, 0.25) is 0 Å². The van der Waals surface area contributed by atoms with Crippen molar-refractivity contribution >= 4 is 6.03 Å². The Balaban J connectivity index is 2.18. The Kier molecular flexibility index (Phi) is 4.73. The number of nitrogens with one attached hydrogen (secondary N) is 1. The molecule has 14 heavy (non-hydrogen) atoms. The minimum absolute atomic E-state index is 0.0222. The molecule has 4 heteroatoms. The molecule has 4 nitrogen and oxygen atoms in total. The van der Waals surface area contributed by atoms with Crippen LogP contribution in [0.15, 0.2) is 0 Å². The van der Waals surface area contributed by atoms with E-state index in [1.165, 1.54) is 12.8 Å². The molecule has 2 amide bonds. The second-order valence-electron chi connectivity index (χ2n) is 3.85. The second-order valence-corrected chi connectivity index (χ2v) is 3.85. The average molecular weight is 200 g/mol. The van der Waals surface area contributed by atoms with E-state index in [0.29, 0.717) is 19.2 Å². The number of hydrogen-bond acceptors (Lipinski definition) is 2. The van der Waals surface area contributed by atoms with Gasteiger partial charge in [0.1, 0.15) is 0 Å². The fraction of sp³-hybridized carbons (Fsp3) is 0.900. The summed E-state index contributed by atoms with van der Waals surface area (Å²) in [6.07, 6.45) is 4.74. The van der Waals surface area contributed by atoms with Gasteiger partial charge in [0, 0.05) is 26.7 Å². The first-order chi connectivity index (χ1) is 6.74. The van der Waals surface area contributed by atoms with Crippen molar-refractivity contribution in [3.8, 4) is 0 Å². The van der Waals surface area contributed by atoms with Crippen LogP contribution in [0.4, 0.5) is 4.79 Å². The van der Waals surface area contributed by atoms with Gasteiger partial charge >= 0.3 is 6.03 Å². The van der Waals surface area contributed by atoms with Crippen LogP contribution in [-0.4, -0.2) is 44.3 Å². The van der Waals surface area contributed by atoms with Gasteiger partial charge in [-0.2, -0.15) is 0 Å². The number of urea groups is 1. The van der Waals surface area contributed by atoms with Crippen molar-refractivity contribution < 1.29 is 9.53 Å². The number of rotatable bonds is 4. The van der Waals surface area contributed by atoms with Gasteiger partial charge in [0.05, 0.1) is 6.61 Å². The molecule has 0 saturated heterocycles. The molecule has 0 heterocycles. The highest BCUT2D eigenvalue weighted by Crippen LogP contribution is 2.17. The second kappa shape index (κ2) is 5.86. The summed E-state index contributed by atoms with van der Waals surface area (Å²) in [5, 5.41) is 3.02. The Morgan fingerprint density at radius 2 is 2.14 bits per heavy atom. The van der Waals surface area contributed by atoms with Crippen LogP contribution in [0.5, 0.6) is 0 Å². The molecule has 0 atom stereocenters. The number of carbonyl (C=O) groups excluding carboxylic acids is 1. The fourth-order valence-electron chi connectivity index (χ4n) is 1.68. The van der Waals surface area contributed by atoms with E-state index in [9.17, 15) is 4.79 Å². The van der Waals surface area contributed by atoms with Crippen LogP contribution in [0.3, 0.4) is 0 Å². The summed E-state index contributed by atoms with van der Waals surface area (Å²) in [5.74, 6) is 0. The molecule has 0 unspecified atom stereocenters. The lowest BCUT2D eigenvalue weighted by molar-refractivity contribution is 0.158. The van der Waals surface area contributed by atoms with Crippen molar-refractivity contribution in [1.29, 1.82) is 0 Å². The average Bonchev–Trinajstić information content (AvgIpc) is 2.66.